The monoisotopic (exact) mass is 521 g/mol. The van der Waals surface area contributed by atoms with E-state index >= 15 is 0 Å². The zero-order valence-corrected chi connectivity index (χ0v) is 22.8. The number of benzene rings is 3. The van der Waals surface area contributed by atoms with Crippen LogP contribution in [0.5, 0.6) is 0 Å². The van der Waals surface area contributed by atoms with Gasteiger partial charge in [-0.05, 0) is 73.9 Å². The molecule has 5 aromatic rings. The van der Waals surface area contributed by atoms with E-state index in [0.717, 1.165) is 54.7 Å². The van der Waals surface area contributed by atoms with Crippen molar-refractivity contribution >= 4 is 33.3 Å². The molecule has 0 saturated carbocycles. The third kappa shape index (κ3) is 3.50. The number of nitrogens with zero attached hydrogens (tertiary/aromatic N) is 2. The van der Waals surface area contributed by atoms with Crippen LogP contribution >= 0.6 is 0 Å². The lowest BCUT2D eigenvalue weighted by atomic mass is 9.77. The molecule has 2 unspecified atom stereocenters. The first-order valence-electron chi connectivity index (χ1n) is 14.7. The zero-order valence-electron chi connectivity index (χ0n) is 22.8. The van der Waals surface area contributed by atoms with Crippen molar-refractivity contribution < 1.29 is 8.98 Å². The Morgan fingerprint density at radius 2 is 1.73 bits per heavy atom. The van der Waals surface area contributed by atoms with Crippen LogP contribution in [0, 0.1) is 0 Å². The van der Waals surface area contributed by atoms with Crippen molar-refractivity contribution in [1.29, 1.82) is 0 Å². The molecule has 3 aliphatic rings. The lowest BCUT2D eigenvalue weighted by molar-refractivity contribution is -0.571. The van der Waals surface area contributed by atoms with Crippen LogP contribution in [0.3, 0.4) is 0 Å². The lowest BCUT2D eigenvalue weighted by Crippen LogP contribution is -2.40. The number of aliphatic imine (C=N–C) groups is 1. The molecule has 3 nitrogen and oxygen atoms in total. The number of allylic oxidation sites excluding steroid dienone is 1. The Labute approximate surface area is 235 Å². The predicted molar refractivity (Wildman–Crippen MR) is 164 cm³/mol. The van der Waals surface area contributed by atoms with Gasteiger partial charge in [0.05, 0.1) is 23.7 Å². The summed E-state index contributed by atoms with van der Waals surface area (Å²) in [5.41, 5.74) is 13.5. The van der Waals surface area contributed by atoms with Gasteiger partial charge >= 0.3 is 0 Å². The second kappa shape index (κ2) is 9.16. The van der Waals surface area contributed by atoms with Gasteiger partial charge in [0.1, 0.15) is 11.2 Å². The molecule has 0 N–H and O–H groups in total. The van der Waals surface area contributed by atoms with Crippen molar-refractivity contribution in [3.63, 3.8) is 0 Å². The number of furan rings is 1. The van der Waals surface area contributed by atoms with Crippen molar-refractivity contribution in [2.75, 3.05) is 0 Å². The summed E-state index contributed by atoms with van der Waals surface area (Å²) in [6.07, 6.45) is 11.7. The van der Waals surface area contributed by atoms with Gasteiger partial charge in [-0.2, -0.15) is 4.57 Å². The van der Waals surface area contributed by atoms with Crippen molar-refractivity contribution in [2.45, 2.75) is 56.9 Å². The fourth-order valence-corrected chi connectivity index (χ4v) is 7.55. The Bertz CT molecular complexity index is 1890. The summed E-state index contributed by atoms with van der Waals surface area (Å²) in [5, 5.41) is 2.37. The third-order valence-electron chi connectivity index (χ3n) is 9.44. The highest BCUT2D eigenvalue weighted by molar-refractivity contribution is 6.11. The normalized spacial score (nSPS) is 20.1. The van der Waals surface area contributed by atoms with Gasteiger partial charge < -0.3 is 4.42 Å². The van der Waals surface area contributed by atoms with Gasteiger partial charge in [-0.15, -0.1) is 0 Å². The molecule has 4 heterocycles. The van der Waals surface area contributed by atoms with E-state index in [2.05, 4.69) is 84.1 Å². The second-order valence-corrected chi connectivity index (χ2v) is 11.6. The molecule has 2 atom stereocenters. The Balaban J connectivity index is 1.41. The maximum atomic E-state index is 6.72. The Kier molecular flexibility index (Phi) is 5.41. The van der Waals surface area contributed by atoms with E-state index in [1.54, 1.807) is 0 Å². The SMILES string of the molecule is C=CC1=NC2CC(=C)[n+]3ccc4c(c3-c3c(ccc5c3oc3ccccc35)CCC2c2ccccc21)CCCC4. The zero-order chi connectivity index (χ0) is 26.8. The summed E-state index contributed by atoms with van der Waals surface area (Å²) in [5.74, 6) is 0.315. The standard InChI is InChI=1S/C37H33N2O/c1-3-32-28-13-7-6-12-27(28)29-18-16-25-17-19-31-30-14-8-9-15-34(30)40-37(31)35(25)36-26-11-5-4-10-24(26)20-21-39(36)23(2)22-33(29)38-32/h3,6-9,12-15,17,19-21,29,33H,1-2,4-5,10-11,16,18,22H2/q+1. The topological polar surface area (TPSA) is 29.4 Å². The first-order valence-corrected chi connectivity index (χ1v) is 14.7. The highest BCUT2D eigenvalue weighted by Crippen LogP contribution is 2.44. The Morgan fingerprint density at radius 1 is 0.875 bits per heavy atom. The number of fused-ring (bicyclic) bond motifs is 12. The number of hydrogen-bond acceptors (Lipinski definition) is 2. The summed E-state index contributed by atoms with van der Waals surface area (Å²) < 4.78 is 9.09. The number of aryl methyl sites for hydroxylation is 2. The molecule has 0 bridgehead atoms. The van der Waals surface area contributed by atoms with Crippen molar-refractivity contribution in [3.8, 4) is 11.3 Å². The molecule has 0 radical (unpaired) electrons. The quantitative estimate of drug-likeness (QED) is 0.204. The van der Waals surface area contributed by atoms with Crippen LogP contribution in [-0.2, 0) is 19.3 Å². The molecule has 2 aromatic heterocycles. The molecule has 3 aromatic carbocycles. The van der Waals surface area contributed by atoms with E-state index in [0.29, 0.717) is 5.92 Å². The Hall–Kier alpha value is -4.24. The van der Waals surface area contributed by atoms with Gasteiger partial charge in [-0.1, -0.05) is 61.2 Å². The third-order valence-corrected chi connectivity index (χ3v) is 9.44. The molecule has 0 saturated heterocycles. The second-order valence-electron chi connectivity index (χ2n) is 11.6. The largest absolute Gasteiger partial charge is 0.455 e. The molecular formula is C37H33N2O+. The molecule has 40 heavy (non-hydrogen) atoms. The average Bonchev–Trinajstić information content (AvgIpc) is 3.38. The molecule has 1 aliphatic carbocycles. The molecule has 3 heteroatoms. The lowest BCUT2D eigenvalue weighted by Gasteiger charge is -2.32. The van der Waals surface area contributed by atoms with Crippen LogP contribution < -0.4 is 4.57 Å². The van der Waals surface area contributed by atoms with Crippen molar-refractivity contribution in [2.24, 2.45) is 4.99 Å². The molecule has 196 valence electrons. The number of aromatic nitrogens is 1. The van der Waals surface area contributed by atoms with Crippen LogP contribution in [0.1, 0.15) is 59.4 Å². The summed E-state index contributed by atoms with van der Waals surface area (Å²) in [7, 11) is 0. The van der Waals surface area contributed by atoms with Gasteiger partial charge in [0, 0.05) is 33.9 Å². The van der Waals surface area contributed by atoms with Crippen LogP contribution in [0.25, 0.3) is 38.9 Å². The van der Waals surface area contributed by atoms with Gasteiger partial charge in [-0.25, -0.2) is 0 Å². The minimum Gasteiger partial charge on any atom is -0.455 e. The van der Waals surface area contributed by atoms with Gasteiger partial charge in [-0.3, -0.25) is 4.99 Å². The van der Waals surface area contributed by atoms with Crippen LogP contribution in [-0.4, -0.2) is 11.8 Å². The van der Waals surface area contributed by atoms with Gasteiger partial charge in [0.15, 0.2) is 11.9 Å². The van der Waals surface area contributed by atoms with Crippen LogP contribution in [0.4, 0.5) is 0 Å². The van der Waals surface area contributed by atoms with E-state index in [-0.39, 0.29) is 6.04 Å². The first kappa shape index (κ1) is 23.6. The van der Waals surface area contributed by atoms with Crippen molar-refractivity contribution in [1.82, 2.24) is 0 Å². The molecule has 0 fully saturated rings. The number of rotatable bonds is 1. The summed E-state index contributed by atoms with van der Waals surface area (Å²) >= 11 is 0. The highest BCUT2D eigenvalue weighted by Gasteiger charge is 2.37. The van der Waals surface area contributed by atoms with Crippen LogP contribution in [0.15, 0.2) is 102 Å². The molecular weight excluding hydrogens is 488 g/mol. The smallest absolute Gasteiger partial charge is 0.225 e. The van der Waals surface area contributed by atoms with E-state index in [1.807, 2.05) is 6.08 Å². The van der Waals surface area contributed by atoms with Gasteiger partial charge in [0.2, 0.25) is 5.69 Å². The first-order chi connectivity index (χ1) is 19.7. The molecule has 8 rings (SSSR count). The highest BCUT2D eigenvalue weighted by atomic mass is 16.3. The maximum absolute atomic E-state index is 6.72. The Morgan fingerprint density at radius 3 is 2.65 bits per heavy atom. The fourth-order valence-electron chi connectivity index (χ4n) is 7.55. The summed E-state index contributed by atoms with van der Waals surface area (Å²) in [4.78, 5) is 5.29. The molecule has 2 aliphatic heterocycles. The van der Waals surface area contributed by atoms with E-state index in [4.69, 9.17) is 16.0 Å². The molecule has 0 amide bonds. The fraction of sp³-hybridized carbons (Fsp3) is 0.243. The summed E-state index contributed by atoms with van der Waals surface area (Å²) in [6, 6.07) is 24.3. The minimum absolute atomic E-state index is 0.128. The van der Waals surface area contributed by atoms with Crippen LogP contribution in [0.2, 0.25) is 0 Å². The molecule has 0 spiro atoms. The maximum Gasteiger partial charge on any atom is 0.225 e. The predicted octanol–water partition coefficient (Wildman–Crippen LogP) is 8.37. The minimum atomic E-state index is 0.128. The van der Waals surface area contributed by atoms with E-state index < -0.39 is 0 Å². The van der Waals surface area contributed by atoms with E-state index in [9.17, 15) is 0 Å². The number of para-hydroxylation sites is 1. The summed E-state index contributed by atoms with van der Waals surface area (Å²) in [6.45, 7) is 8.82. The number of pyridine rings is 1. The van der Waals surface area contributed by atoms with Gasteiger partial charge in [0.25, 0.3) is 0 Å². The van der Waals surface area contributed by atoms with E-state index in [1.165, 1.54) is 62.7 Å². The van der Waals surface area contributed by atoms with Crippen molar-refractivity contribution in [3.05, 3.63) is 120 Å². The number of hydrogen-bond donors (Lipinski definition) is 0. The average molecular weight is 522 g/mol.